The fraction of sp³-hybridized carbons (Fsp3) is 1.00. The van der Waals surface area contributed by atoms with Gasteiger partial charge in [0.05, 0.1) is 0 Å². The third-order valence-corrected chi connectivity index (χ3v) is 4.25. The number of rotatable bonds is 10. The van der Waals surface area contributed by atoms with E-state index in [4.69, 9.17) is 5.73 Å². The predicted octanol–water partition coefficient (Wildman–Crippen LogP) is 4.75. The van der Waals surface area contributed by atoms with Crippen molar-refractivity contribution in [2.75, 3.05) is 6.54 Å². The monoisotopic (exact) mass is 227 g/mol. The van der Waals surface area contributed by atoms with Crippen LogP contribution in [0.4, 0.5) is 0 Å². The minimum atomic E-state index is 0.485. The van der Waals surface area contributed by atoms with Crippen molar-refractivity contribution in [1.29, 1.82) is 0 Å². The van der Waals surface area contributed by atoms with E-state index in [0.717, 1.165) is 6.54 Å². The first kappa shape index (κ1) is 16.0. The highest BCUT2D eigenvalue weighted by molar-refractivity contribution is 4.80. The molecule has 0 aliphatic rings. The smallest absolute Gasteiger partial charge is 0.00463 e. The van der Waals surface area contributed by atoms with E-state index in [0.29, 0.717) is 11.3 Å². The molecule has 0 fully saturated rings. The van der Waals surface area contributed by atoms with Crippen LogP contribution in [0, 0.1) is 11.3 Å². The van der Waals surface area contributed by atoms with Crippen molar-refractivity contribution in [3.63, 3.8) is 0 Å². The first-order chi connectivity index (χ1) is 7.60. The average molecular weight is 227 g/mol. The molecular weight excluding hydrogens is 194 g/mol. The Bertz CT molecular complexity index is 156. The standard InChI is InChI=1S/C15H33N/c1-5-7-9-10-12-15(4,11-8-6-2)14(3)13-16/h14H,5-13,16H2,1-4H3. The highest BCUT2D eigenvalue weighted by atomic mass is 14.6. The second-order valence-electron chi connectivity index (χ2n) is 5.70. The minimum Gasteiger partial charge on any atom is -0.330 e. The van der Waals surface area contributed by atoms with Gasteiger partial charge in [0.25, 0.3) is 0 Å². The van der Waals surface area contributed by atoms with Gasteiger partial charge in [-0.3, -0.25) is 0 Å². The molecular formula is C15H33N. The molecule has 0 amide bonds. The average Bonchev–Trinajstić information content (AvgIpc) is 2.31. The summed E-state index contributed by atoms with van der Waals surface area (Å²) in [5, 5.41) is 0. The summed E-state index contributed by atoms with van der Waals surface area (Å²) in [5.41, 5.74) is 6.34. The largest absolute Gasteiger partial charge is 0.330 e. The summed E-state index contributed by atoms with van der Waals surface area (Å²) in [6.07, 6.45) is 10.9. The Morgan fingerprint density at radius 3 is 2.00 bits per heavy atom. The molecule has 0 aromatic heterocycles. The fourth-order valence-corrected chi connectivity index (χ4v) is 2.44. The third-order valence-electron chi connectivity index (χ3n) is 4.25. The lowest BCUT2D eigenvalue weighted by molar-refractivity contribution is 0.161. The van der Waals surface area contributed by atoms with E-state index in [1.165, 1.54) is 51.4 Å². The second-order valence-corrected chi connectivity index (χ2v) is 5.70. The first-order valence-electron chi connectivity index (χ1n) is 7.30. The summed E-state index contributed by atoms with van der Waals surface area (Å²) in [6.45, 7) is 10.2. The maximum absolute atomic E-state index is 5.86. The zero-order valence-electron chi connectivity index (χ0n) is 12.0. The molecule has 0 aliphatic heterocycles. The molecule has 98 valence electrons. The van der Waals surface area contributed by atoms with Gasteiger partial charge in [0.2, 0.25) is 0 Å². The van der Waals surface area contributed by atoms with Crippen LogP contribution >= 0.6 is 0 Å². The number of hydrogen-bond acceptors (Lipinski definition) is 1. The van der Waals surface area contributed by atoms with Crippen LogP contribution in [0.1, 0.15) is 79.1 Å². The highest BCUT2D eigenvalue weighted by Crippen LogP contribution is 2.37. The molecule has 1 nitrogen and oxygen atoms in total. The van der Waals surface area contributed by atoms with Gasteiger partial charge in [-0.1, -0.05) is 66.2 Å². The predicted molar refractivity (Wildman–Crippen MR) is 74.6 cm³/mol. The summed E-state index contributed by atoms with van der Waals surface area (Å²) >= 11 is 0. The van der Waals surface area contributed by atoms with E-state index in [-0.39, 0.29) is 0 Å². The van der Waals surface area contributed by atoms with Crippen LogP contribution in [0.2, 0.25) is 0 Å². The highest BCUT2D eigenvalue weighted by Gasteiger charge is 2.28. The van der Waals surface area contributed by atoms with Gasteiger partial charge in [-0.05, 0) is 30.7 Å². The van der Waals surface area contributed by atoms with Crippen LogP contribution in [0.15, 0.2) is 0 Å². The molecule has 0 heterocycles. The van der Waals surface area contributed by atoms with Crippen LogP contribution in [0.5, 0.6) is 0 Å². The Balaban J connectivity index is 4.07. The van der Waals surface area contributed by atoms with Gasteiger partial charge < -0.3 is 5.73 Å². The lowest BCUT2D eigenvalue weighted by atomic mass is 9.71. The zero-order valence-corrected chi connectivity index (χ0v) is 12.0. The number of unbranched alkanes of at least 4 members (excludes halogenated alkanes) is 4. The van der Waals surface area contributed by atoms with E-state index in [2.05, 4.69) is 27.7 Å². The van der Waals surface area contributed by atoms with Gasteiger partial charge in [-0.25, -0.2) is 0 Å². The lowest BCUT2D eigenvalue weighted by Gasteiger charge is -2.35. The van der Waals surface area contributed by atoms with Crippen molar-refractivity contribution >= 4 is 0 Å². The molecule has 0 saturated carbocycles. The summed E-state index contributed by atoms with van der Waals surface area (Å²) in [6, 6.07) is 0. The Morgan fingerprint density at radius 2 is 1.50 bits per heavy atom. The van der Waals surface area contributed by atoms with E-state index in [9.17, 15) is 0 Å². The van der Waals surface area contributed by atoms with Crippen molar-refractivity contribution in [3.8, 4) is 0 Å². The van der Waals surface area contributed by atoms with Gasteiger partial charge in [0.1, 0.15) is 0 Å². The molecule has 0 aromatic rings. The topological polar surface area (TPSA) is 26.0 Å². The van der Waals surface area contributed by atoms with Crippen LogP contribution in [-0.2, 0) is 0 Å². The Labute approximate surface area is 103 Å². The summed E-state index contributed by atoms with van der Waals surface area (Å²) in [5.74, 6) is 0.667. The van der Waals surface area contributed by atoms with Crippen LogP contribution < -0.4 is 5.73 Å². The summed E-state index contributed by atoms with van der Waals surface area (Å²) in [4.78, 5) is 0. The molecule has 2 atom stereocenters. The maximum atomic E-state index is 5.86. The number of nitrogens with two attached hydrogens (primary N) is 1. The van der Waals surface area contributed by atoms with Gasteiger partial charge in [0.15, 0.2) is 0 Å². The Morgan fingerprint density at radius 1 is 0.938 bits per heavy atom. The van der Waals surface area contributed by atoms with Crippen molar-refractivity contribution in [1.82, 2.24) is 0 Å². The molecule has 0 bridgehead atoms. The van der Waals surface area contributed by atoms with Crippen molar-refractivity contribution < 1.29 is 0 Å². The molecule has 2 unspecified atom stereocenters. The van der Waals surface area contributed by atoms with E-state index >= 15 is 0 Å². The maximum Gasteiger partial charge on any atom is -0.00463 e. The van der Waals surface area contributed by atoms with Gasteiger partial charge in [-0.2, -0.15) is 0 Å². The first-order valence-corrected chi connectivity index (χ1v) is 7.30. The van der Waals surface area contributed by atoms with E-state index < -0.39 is 0 Å². The van der Waals surface area contributed by atoms with Crippen molar-refractivity contribution in [2.45, 2.75) is 79.1 Å². The molecule has 0 aromatic carbocycles. The molecule has 2 N–H and O–H groups in total. The van der Waals surface area contributed by atoms with Gasteiger partial charge in [-0.15, -0.1) is 0 Å². The van der Waals surface area contributed by atoms with Crippen molar-refractivity contribution in [3.05, 3.63) is 0 Å². The summed E-state index contributed by atoms with van der Waals surface area (Å²) in [7, 11) is 0. The van der Waals surface area contributed by atoms with Crippen LogP contribution in [0.3, 0.4) is 0 Å². The van der Waals surface area contributed by atoms with Crippen LogP contribution in [-0.4, -0.2) is 6.54 Å². The van der Waals surface area contributed by atoms with Gasteiger partial charge in [0, 0.05) is 0 Å². The van der Waals surface area contributed by atoms with Crippen molar-refractivity contribution in [2.24, 2.45) is 17.1 Å². The molecule has 1 heteroatoms. The Hall–Kier alpha value is -0.0400. The molecule has 0 radical (unpaired) electrons. The van der Waals surface area contributed by atoms with E-state index in [1.807, 2.05) is 0 Å². The molecule has 0 rings (SSSR count). The SMILES string of the molecule is CCCCCCC(C)(CCCC)C(C)CN. The molecule has 0 saturated heterocycles. The second kappa shape index (κ2) is 9.04. The summed E-state index contributed by atoms with van der Waals surface area (Å²) < 4.78 is 0. The minimum absolute atomic E-state index is 0.485. The Kier molecular flexibility index (Phi) is 9.02. The fourth-order valence-electron chi connectivity index (χ4n) is 2.44. The normalized spacial score (nSPS) is 17.1. The lowest BCUT2D eigenvalue weighted by Crippen LogP contribution is -2.31. The van der Waals surface area contributed by atoms with Gasteiger partial charge >= 0.3 is 0 Å². The van der Waals surface area contributed by atoms with E-state index in [1.54, 1.807) is 0 Å². The zero-order chi connectivity index (χ0) is 12.4. The van der Waals surface area contributed by atoms with Crippen LogP contribution in [0.25, 0.3) is 0 Å². The molecule has 16 heavy (non-hydrogen) atoms. The molecule has 0 aliphatic carbocycles. The quantitative estimate of drug-likeness (QED) is 0.536. The molecule has 0 spiro atoms. The number of hydrogen-bond donors (Lipinski definition) is 1. The third kappa shape index (κ3) is 5.89.